The minimum atomic E-state index is -0.133. The van der Waals surface area contributed by atoms with Gasteiger partial charge in [0, 0.05) is 12.6 Å². The quantitative estimate of drug-likeness (QED) is 0.785. The number of carbonyl (C=O) groups is 2. The second kappa shape index (κ2) is 6.61. The number of fused-ring (bicyclic) bond motifs is 1. The lowest BCUT2D eigenvalue weighted by molar-refractivity contribution is 0.0645. The maximum Gasteiger partial charge on any atom is 0.261 e. The molecule has 4 nitrogen and oxygen atoms in total. The number of rotatable bonds is 5. The lowest BCUT2D eigenvalue weighted by Gasteiger charge is -2.32. The Hall–Kier alpha value is -1.68. The molecule has 1 saturated heterocycles. The van der Waals surface area contributed by atoms with Crippen LogP contribution < -0.4 is 0 Å². The van der Waals surface area contributed by atoms with Crippen LogP contribution in [0.5, 0.6) is 0 Å². The largest absolute Gasteiger partial charge is 0.301 e. The zero-order valence-electron chi connectivity index (χ0n) is 13.3. The number of piperidine rings is 1. The smallest absolute Gasteiger partial charge is 0.261 e. The van der Waals surface area contributed by atoms with Gasteiger partial charge in [0.05, 0.1) is 11.1 Å². The van der Waals surface area contributed by atoms with Crippen molar-refractivity contribution in [2.24, 2.45) is 0 Å². The number of carbonyl (C=O) groups excluding carboxylic acids is 2. The third kappa shape index (κ3) is 2.93. The highest BCUT2D eigenvalue weighted by molar-refractivity contribution is 6.21. The Morgan fingerprint density at radius 1 is 1.00 bits per heavy atom. The van der Waals surface area contributed by atoms with Crippen molar-refractivity contribution in [2.45, 2.75) is 45.1 Å². The molecule has 22 heavy (non-hydrogen) atoms. The van der Waals surface area contributed by atoms with Gasteiger partial charge >= 0.3 is 0 Å². The summed E-state index contributed by atoms with van der Waals surface area (Å²) >= 11 is 0. The molecule has 0 aliphatic carbocycles. The second-order valence-corrected chi connectivity index (χ2v) is 6.40. The summed E-state index contributed by atoms with van der Waals surface area (Å²) in [6.07, 6.45) is 5.85. The van der Waals surface area contributed by atoms with Gasteiger partial charge in [0.2, 0.25) is 0 Å². The Morgan fingerprint density at radius 3 is 2.18 bits per heavy atom. The molecule has 1 aromatic rings. The fraction of sp³-hybridized carbons (Fsp3) is 0.556. The molecule has 3 rings (SSSR count). The van der Waals surface area contributed by atoms with Gasteiger partial charge < -0.3 is 4.90 Å². The van der Waals surface area contributed by atoms with E-state index in [4.69, 9.17) is 0 Å². The Balaban J connectivity index is 1.52. The number of hydrogen-bond donors (Lipinski definition) is 0. The van der Waals surface area contributed by atoms with Crippen LogP contribution in [0.15, 0.2) is 24.3 Å². The SMILES string of the molecule is CC(CCCN1C(=O)c2ccccc2C1=O)N1CCCCC1. The van der Waals surface area contributed by atoms with Gasteiger partial charge in [-0.3, -0.25) is 14.5 Å². The van der Waals surface area contributed by atoms with E-state index in [1.807, 2.05) is 12.1 Å². The Kier molecular flexibility index (Phi) is 4.57. The zero-order chi connectivity index (χ0) is 15.5. The molecule has 2 heterocycles. The lowest BCUT2D eigenvalue weighted by Crippen LogP contribution is -2.38. The van der Waals surface area contributed by atoms with Gasteiger partial charge in [-0.15, -0.1) is 0 Å². The van der Waals surface area contributed by atoms with E-state index in [2.05, 4.69) is 11.8 Å². The van der Waals surface area contributed by atoms with Crippen molar-refractivity contribution in [2.75, 3.05) is 19.6 Å². The van der Waals surface area contributed by atoms with Crippen LogP contribution in [0.2, 0.25) is 0 Å². The van der Waals surface area contributed by atoms with E-state index in [0.29, 0.717) is 23.7 Å². The molecule has 1 unspecified atom stereocenters. The fourth-order valence-electron chi connectivity index (χ4n) is 3.53. The third-order valence-electron chi connectivity index (χ3n) is 4.90. The highest BCUT2D eigenvalue weighted by Gasteiger charge is 2.34. The van der Waals surface area contributed by atoms with Crippen LogP contribution in [-0.4, -0.2) is 47.3 Å². The summed E-state index contributed by atoms with van der Waals surface area (Å²) in [6.45, 7) is 5.17. The van der Waals surface area contributed by atoms with Crippen molar-refractivity contribution in [1.82, 2.24) is 9.80 Å². The Labute approximate surface area is 132 Å². The van der Waals surface area contributed by atoms with Crippen LogP contribution >= 0.6 is 0 Å². The van der Waals surface area contributed by atoms with Crippen LogP contribution in [0.4, 0.5) is 0 Å². The second-order valence-electron chi connectivity index (χ2n) is 6.40. The summed E-state index contributed by atoms with van der Waals surface area (Å²) in [5.41, 5.74) is 1.10. The minimum Gasteiger partial charge on any atom is -0.301 e. The van der Waals surface area contributed by atoms with E-state index in [1.54, 1.807) is 12.1 Å². The zero-order valence-corrected chi connectivity index (χ0v) is 13.3. The van der Waals surface area contributed by atoms with Gasteiger partial charge in [-0.1, -0.05) is 18.6 Å². The highest BCUT2D eigenvalue weighted by Crippen LogP contribution is 2.23. The summed E-state index contributed by atoms with van der Waals surface area (Å²) in [5, 5.41) is 0. The van der Waals surface area contributed by atoms with Crippen LogP contribution in [0, 0.1) is 0 Å². The molecular weight excluding hydrogens is 276 g/mol. The van der Waals surface area contributed by atoms with Crippen molar-refractivity contribution in [3.05, 3.63) is 35.4 Å². The van der Waals surface area contributed by atoms with Crippen molar-refractivity contribution in [1.29, 1.82) is 0 Å². The van der Waals surface area contributed by atoms with Crippen LogP contribution in [-0.2, 0) is 0 Å². The van der Waals surface area contributed by atoms with Gasteiger partial charge in [-0.05, 0) is 57.8 Å². The number of nitrogens with zero attached hydrogens (tertiary/aromatic N) is 2. The van der Waals surface area contributed by atoms with Gasteiger partial charge in [-0.25, -0.2) is 0 Å². The van der Waals surface area contributed by atoms with E-state index in [1.165, 1.54) is 37.3 Å². The summed E-state index contributed by atoms with van der Waals surface area (Å²) in [7, 11) is 0. The molecule has 1 atom stereocenters. The van der Waals surface area contributed by atoms with Crippen LogP contribution in [0.1, 0.15) is 59.7 Å². The topological polar surface area (TPSA) is 40.6 Å². The predicted octanol–water partition coefficient (Wildman–Crippen LogP) is 2.94. The lowest BCUT2D eigenvalue weighted by atomic mass is 10.1. The molecule has 0 N–H and O–H groups in total. The molecule has 0 bridgehead atoms. The Morgan fingerprint density at radius 2 is 1.59 bits per heavy atom. The maximum atomic E-state index is 12.3. The van der Waals surface area contributed by atoms with Crippen molar-refractivity contribution in [3.8, 4) is 0 Å². The number of likely N-dealkylation sites (tertiary alicyclic amines) is 1. The third-order valence-corrected chi connectivity index (χ3v) is 4.90. The molecule has 2 aliphatic rings. The molecule has 0 spiro atoms. The Bertz CT molecular complexity index is 529. The van der Waals surface area contributed by atoms with Crippen molar-refractivity contribution < 1.29 is 9.59 Å². The summed E-state index contributed by atoms with van der Waals surface area (Å²) < 4.78 is 0. The van der Waals surface area contributed by atoms with E-state index in [-0.39, 0.29) is 11.8 Å². The molecule has 0 aromatic heterocycles. The van der Waals surface area contributed by atoms with E-state index < -0.39 is 0 Å². The van der Waals surface area contributed by atoms with Gasteiger partial charge in [0.15, 0.2) is 0 Å². The molecule has 0 saturated carbocycles. The first-order valence-electron chi connectivity index (χ1n) is 8.38. The maximum absolute atomic E-state index is 12.3. The van der Waals surface area contributed by atoms with E-state index >= 15 is 0 Å². The first kappa shape index (κ1) is 15.2. The molecule has 118 valence electrons. The molecule has 1 fully saturated rings. The number of amides is 2. The molecule has 1 aromatic carbocycles. The molecular formula is C18H24N2O2. The predicted molar refractivity (Wildman–Crippen MR) is 85.9 cm³/mol. The average Bonchev–Trinajstić information content (AvgIpc) is 2.81. The van der Waals surface area contributed by atoms with E-state index in [0.717, 1.165) is 12.8 Å². The van der Waals surface area contributed by atoms with Crippen LogP contribution in [0.25, 0.3) is 0 Å². The van der Waals surface area contributed by atoms with Gasteiger partial charge in [-0.2, -0.15) is 0 Å². The van der Waals surface area contributed by atoms with Crippen LogP contribution in [0.3, 0.4) is 0 Å². The number of imide groups is 1. The standard InChI is InChI=1S/C18H24N2O2/c1-14(19-11-5-2-6-12-19)8-7-13-20-17(21)15-9-3-4-10-16(15)18(20)22/h3-4,9-10,14H,2,5-8,11-13H2,1H3. The molecule has 4 heteroatoms. The highest BCUT2D eigenvalue weighted by atomic mass is 16.2. The fourth-order valence-corrected chi connectivity index (χ4v) is 3.53. The van der Waals surface area contributed by atoms with Gasteiger partial charge in [0.1, 0.15) is 0 Å². The first-order chi connectivity index (χ1) is 10.7. The number of benzene rings is 1. The summed E-state index contributed by atoms with van der Waals surface area (Å²) in [6, 6.07) is 7.64. The number of hydrogen-bond acceptors (Lipinski definition) is 3. The summed E-state index contributed by atoms with van der Waals surface area (Å²) in [4.78, 5) is 28.5. The van der Waals surface area contributed by atoms with Crippen molar-refractivity contribution in [3.63, 3.8) is 0 Å². The summed E-state index contributed by atoms with van der Waals surface area (Å²) in [5.74, 6) is -0.266. The normalized spacial score (nSPS) is 20.3. The molecule has 0 radical (unpaired) electrons. The molecule has 2 aliphatic heterocycles. The monoisotopic (exact) mass is 300 g/mol. The first-order valence-corrected chi connectivity index (χ1v) is 8.38. The molecule has 2 amide bonds. The average molecular weight is 300 g/mol. The van der Waals surface area contributed by atoms with E-state index in [9.17, 15) is 9.59 Å². The minimum absolute atomic E-state index is 0.133. The van der Waals surface area contributed by atoms with Crippen molar-refractivity contribution >= 4 is 11.8 Å². The van der Waals surface area contributed by atoms with Gasteiger partial charge in [0.25, 0.3) is 11.8 Å².